The molecule has 0 spiro atoms. The van der Waals surface area contributed by atoms with Gasteiger partial charge in [0.1, 0.15) is 6.10 Å². The van der Waals surface area contributed by atoms with Gasteiger partial charge in [-0.15, -0.1) is 0 Å². The van der Waals surface area contributed by atoms with E-state index in [2.05, 4.69) is 10.2 Å². The maximum Gasteiger partial charge on any atom is 0.407 e. The molecule has 1 saturated carbocycles. The Morgan fingerprint density at radius 2 is 2.03 bits per heavy atom. The summed E-state index contributed by atoms with van der Waals surface area (Å²) in [7, 11) is -1.60. The SMILES string of the molecule is CC(C)CN(CCCNC(=O)OC1C2COC3OC1CC3C2)S(=O)(=O)c1ccc2c(c1)CN(C)C2. The van der Waals surface area contributed by atoms with Gasteiger partial charge in [-0.25, -0.2) is 13.2 Å². The third-order valence-corrected chi connectivity index (χ3v) is 9.36. The molecule has 0 aromatic heterocycles. The monoisotopic (exact) mass is 507 g/mol. The Hall–Kier alpha value is -1.72. The summed E-state index contributed by atoms with van der Waals surface area (Å²) in [5.74, 6) is 0.784. The largest absolute Gasteiger partial charge is 0.443 e. The van der Waals surface area contributed by atoms with Crippen LogP contribution in [0.2, 0.25) is 0 Å². The number of amides is 1. The lowest BCUT2D eigenvalue weighted by Gasteiger charge is -2.36. The molecule has 10 heteroatoms. The molecule has 3 fully saturated rings. The summed E-state index contributed by atoms with van der Waals surface area (Å²) in [6.45, 7) is 7.27. The van der Waals surface area contributed by atoms with Gasteiger partial charge in [0.05, 0.1) is 17.6 Å². The lowest BCUT2D eigenvalue weighted by atomic mass is 9.78. The van der Waals surface area contributed by atoms with Crippen molar-refractivity contribution in [1.82, 2.24) is 14.5 Å². The number of carbonyl (C=O) groups is 1. The molecule has 5 unspecified atom stereocenters. The Morgan fingerprint density at radius 3 is 2.83 bits per heavy atom. The van der Waals surface area contributed by atoms with Crippen LogP contribution in [0.3, 0.4) is 0 Å². The number of nitrogens with one attached hydrogen (secondary N) is 1. The molecular weight excluding hydrogens is 470 g/mol. The molecule has 3 heterocycles. The van der Waals surface area contributed by atoms with Crippen molar-refractivity contribution in [2.75, 3.05) is 33.3 Å². The Balaban J connectivity index is 1.15. The van der Waals surface area contributed by atoms with Gasteiger partial charge in [-0.1, -0.05) is 19.9 Å². The highest BCUT2D eigenvalue weighted by atomic mass is 32.2. The van der Waals surface area contributed by atoms with Crippen molar-refractivity contribution >= 4 is 16.1 Å². The fourth-order valence-corrected chi connectivity index (χ4v) is 7.59. The summed E-state index contributed by atoms with van der Waals surface area (Å²) < 4.78 is 45.8. The Kier molecular flexibility index (Phi) is 7.11. The minimum absolute atomic E-state index is 0.0872. The van der Waals surface area contributed by atoms with Crippen LogP contribution in [0.15, 0.2) is 23.1 Å². The van der Waals surface area contributed by atoms with E-state index in [9.17, 15) is 13.2 Å². The Morgan fingerprint density at radius 1 is 1.23 bits per heavy atom. The van der Waals surface area contributed by atoms with Crippen molar-refractivity contribution in [3.8, 4) is 0 Å². The van der Waals surface area contributed by atoms with Crippen LogP contribution >= 0.6 is 0 Å². The number of ether oxygens (including phenoxy) is 3. The summed E-state index contributed by atoms with van der Waals surface area (Å²) in [5, 5.41) is 2.80. The quantitative estimate of drug-likeness (QED) is 0.513. The van der Waals surface area contributed by atoms with Crippen LogP contribution in [0.4, 0.5) is 4.79 Å². The van der Waals surface area contributed by atoms with Gasteiger partial charge in [0, 0.05) is 44.6 Å². The zero-order chi connectivity index (χ0) is 24.7. The average Bonchev–Trinajstić information content (AvgIpc) is 3.32. The summed E-state index contributed by atoms with van der Waals surface area (Å²) >= 11 is 0. The zero-order valence-corrected chi connectivity index (χ0v) is 21.6. The third-order valence-electron chi connectivity index (χ3n) is 7.50. The molecule has 3 aliphatic heterocycles. The van der Waals surface area contributed by atoms with Crippen molar-refractivity contribution in [2.24, 2.45) is 17.8 Å². The van der Waals surface area contributed by atoms with E-state index in [4.69, 9.17) is 14.2 Å². The molecule has 1 N–H and O–H groups in total. The van der Waals surface area contributed by atoms with E-state index in [1.807, 2.05) is 33.0 Å². The predicted octanol–water partition coefficient (Wildman–Crippen LogP) is 2.54. The van der Waals surface area contributed by atoms with Crippen LogP contribution in [-0.2, 0) is 37.3 Å². The molecule has 194 valence electrons. The van der Waals surface area contributed by atoms with Gasteiger partial charge in [0.15, 0.2) is 6.29 Å². The van der Waals surface area contributed by atoms with E-state index >= 15 is 0 Å². The molecule has 5 rings (SSSR count). The lowest BCUT2D eigenvalue weighted by Crippen LogP contribution is -2.46. The molecule has 9 nitrogen and oxygen atoms in total. The highest BCUT2D eigenvalue weighted by molar-refractivity contribution is 7.89. The third kappa shape index (κ3) is 5.22. The van der Waals surface area contributed by atoms with Crippen LogP contribution in [-0.4, -0.2) is 75.5 Å². The number of rotatable bonds is 9. The normalized spacial score (nSPS) is 29.7. The molecule has 1 aromatic rings. The zero-order valence-electron chi connectivity index (χ0n) is 20.8. The van der Waals surface area contributed by atoms with Crippen molar-refractivity contribution in [2.45, 2.75) is 69.6 Å². The predicted molar refractivity (Wildman–Crippen MR) is 129 cm³/mol. The summed E-state index contributed by atoms with van der Waals surface area (Å²) in [5.41, 5.74) is 2.25. The second-order valence-electron chi connectivity index (χ2n) is 10.9. The smallest absolute Gasteiger partial charge is 0.407 e. The van der Waals surface area contributed by atoms with E-state index in [1.54, 1.807) is 6.07 Å². The van der Waals surface area contributed by atoms with Crippen molar-refractivity contribution in [1.29, 1.82) is 0 Å². The van der Waals surface area contributed by atoms with Gasteiger partial charge in [0.2, 0.25) is 10.0 Å². The summed E-state index contributed by atoms with van der Waals surface area (Å²) in [6, 6.07) is 5.46. The van der Waals surface area contributed by atoms with E-state index in [-0.39, 0.29) is 30.3 Å². The van der Waals surface area contributed by atoms with Crippen molar-refractivity contribution < 1.29 is 27.4 Å². The molecule has 35 heavy (non-hydrogen) atoms. The molecule has 1 aromatic carbocycles. The number of sulfonamides is 1. The number of fused-ring (bicyclic) bond motifs is 3. The topological polar surface area (TPSA) is 97.4 Å². The van der Waals surface area contributed by atoms with E-state index in [0.717, 1.165) is 31.5 Å². The molecular formula is C25H37N3O6S. The highest BCUT2D eigenvalue weighted by Crippen LogP contribution is 2.46. The molecule has 1 amide bonds. The fourth-order valence-electron chi connectivity index (χ4n) is 5.90. The van der Waals surface area contributed by atoms with Crippen LogP contribution in [0, 0.1) is 17.8 Å². The van der Waals surface area contributed by atoms with Crippen molar-refractivity contribution in [3.05, 3.63) is 29.3 Å². The second kappa shape index (κ2) is 9.97. The number of carbonyl (C=O) groups excluding carboxylic acids is 1. The Bertz CT molecular complexity index is 1040. The lowest BCUT2D eigenvalue weighted by molar-refractivity contribution is -0.153. The molecule has 4 aliphatic rings. The summed E-state index contributed by atoms with van der Waals surface area (Å²) in [6.07, 6.45) is 1.35. The number of alkyl carbamates (subject to hydrolysis) is 1. The van der Waals surface area contributed by atoms with E-state index in [0.29, 0.717) is 43.5 Å². The number of nitrogens with zero attached hydrogens (tertiary/aromatic N) is 2. The van der Waals surface area contributed by atoms with Crippen LogP contribution in [0.25, 0.3) is 0 Å². The van der Waals surface area contributed by atoms with Gasteiger partial charge < -0.3 is 19.5 Å². The fraction of sp³-hybridized carbons (Fsp3) is 0.720. The first-order valence-corrected chi connectivity index (χ1v) is 14.2. The molecule has 2 saturated heterocycles. The first kappa shape index (κ1) is 25.0. The standard InChI is InChI=1S/C25H37N3O6S/c1-16(2)12-28(35(30,31)21-6-5-17-13-27(3)14-19(17)10-21)8-4-7-26-25(29)34-23-20-9-18-11-22(23)33-24(18)32-15-20/h5-6,10,16,18,20,22-24H,4,7-9,11-15H2,1-3H3,(H,26,29). The van der Waals surface area contributed by atoms with Crippen LogP contribution in [0.5, 0.6) is 0 Å². The van der Waals surface area contributed by atoms with E-state index < -0.39 is 16.1 Å². The molecule has 0 radical (unpaired) electrons. The van der Waals surface area contributed by atoms with Gasteiger partial charge in [0.25, 0.3) is 0 Å². The number of hydrogen-bond donors (Lipinski definition) is 1. The van der Waals surface area contributed by atoms with E-state index in [1.165, 1.54) is 9.87 Å². The minimum atomic E-state index is -3.63. The molecule has 1 aliphatic carbocycles. The number of hydrogen-bond acceptors (Lipinski definition) is 7. The maximum absolute atomic E-state index is 13.5. The maximum atomic E-state index is 13.5. The van der Waals surface area contributed by atoms with Crippen LogP contribution in [0.1, 0.15) is 44.2 Å². The minimum Gasteiger partial charge on any atom is -0.443 e. The van der Waals surface area contributed by atoms with Gasteiger partial charge >= 0.3 is 6.09 Å². The van der Waals surface area contributed by atoms with Crippen molar-refractivity contribution in [3.63, 3.8) is 0 Å². The first-order chi connectivity index (χ1) is 16.7. The van der Waals surface area contributed by atoms with Crippen LogP contribution < -0.4 is 5.32 Å². The van der Waals surface area contributed by atoms with Gasteiger partial charge in [-0.2, -0.15) is 4.31 Å². The number of benzene rings is 1. The summed E-state index contributed by atoms with van der Waals surface area (Å²) in [4.78, 5) is 15.0. The highest BCUT2D eigenvalue weighted by Gasteiger charge is 2.53. The molecule has 5 atom stereocenters. The first-order valence-electron chi connectivity index (χ1n) is 12.7. The second-order valence-corrected chi connectivity index (χ2v) is 12.8. The van der Waals surface area contributed by atoms with Gasteiger partial charge in [-0.3, -0.25) is 4.90 Å². The van der Waals surface area contributed by atoms with Gasteiger partial charge in [-0.05, 0) is 55.5 Å². The average molecular weight is 508 g/mol. The molecule has 3 bridgehead atoms. The Labute approximate surface area is 208 Å².